The molecule has 2 aromatic rings. The molecule has 1 aromatic heterocycles. The number of nitriles is 1. The van der Waals surface area contributed by atoms with E-state index in [2.05, 4.69) is 5.16 Å². The van der Waals surface area contributed by atoms with Gasteiger partial charge in [0, 0.05) is 12.5 Å². The third-order valence-corrected chi connectivity index (χ3v) is 2.92. The summed E-state index contributed by atoms with van der Waals surface area (Å²) in [6, 6.07) is 6.02. The third kappa shape index (κ3) is 3.56. The minimum atomic E-state index is -4.52. The number of rotatable bonds is 5. The number of hydrogen-bond donors (Lipinski definition) is 1. The van der Waals surface area contributed by atoms with Crippen LogP contribution in [0.3, 0.4) is 0 Å². The number of benzene rings is 1. The van der Waals surface area contributed by atoms with Crippen LogP contribution in [0.1, 0.15) is 29.3 Å². The van der Waals surface area contributed by atoms with E-state index in [1.807, 2.05) is 0 Å². The van der Waals surface area contributed by atoms with Gasteiger partial charge in [0.1, 0.15) is 29.9 Å². The summed E-state index contributed by atoms with van der Waals surface area (Å²) < 4.78 is 48.6. The zero-order chi connectivity index (χ0) is 16.2. The predicted octanol–water partition coefficient (Wildman–Crippen LogP) is 3.03. The molecule has 0 saturated carbocycles. The Kier molecular flexibility index (Phi) is 4.68. The summed E-state index contributed by atoms with van der Waals surface area (Å²) in [6.45, 7) is 0.234. The molecule has 0 aliphatic rings. The Morgan fingerprint density at radius 3 is 2.68 bits per heavy atom. The van der Waals surface area contributed by atoms with Gasteiger partial charge in [-0.2, -0.15) is 18.4 Å². The molecule has 0 saturated heterocycles. The van der Waals surface area contributed by atoms with Crippen molar-refractivity contribution >= 4 is 0 Å². The highest BCUT2D eigenvalue weighted by molar-refractivity contribution is 5.46. The summed E-state index contributed by atoms with van der Waals surface area (Å²) in [4.78, 5) is 0. The lowest BCUT2D eigenvalue weighted by molar-refractivity contribution is -0.137. The second-order valence-corrected chi connectivity index (χ2v) is 4.43. The predicted molar refractivity (Wildman–Crippen MR) is 69.7 cm³/mol. The van der Waals surface area contributed by atoms with Crippen LogP contribution in [0.4, 0.5) is 13.2 Å². The van der Waals surface area contributed by atoms with Crippen LogP contribution in [0, 0.1) is 11.3 Å². The highest BCUT2D eigenvalue weighted by Gasteiger charge is 2.31. The first-order valence-corrected chi connectivity index (χ1v) is 6.34. The maximum Gasteiger partial charge on any atom is 0.416 e. The van der Waals surface area contributed by atoms with E-state index in [0.717, 1.165) is 18.2 Å². The quantitative estimate of drug-likeness (QED) is 0.917. The monoisotopic (exact) mass is 311 g/mol. The molecule has 116 valence electrons. The molecule has 0 aliphatic carbocycles. The molecule has 22 heavy (non-hydrogen) atoms. The number of nitrogens with zero attached hydrogens (tertiary/aromatic N) is 2. The molecule has 2 rings (SSSR count). The standard InChI is InChI=1S/C14H12F3N3O2/c15-14(16,17)10-2-1-9(8-19)13(7-10)22-12(3-5-18)11-4-6-21-20-11/h1-2,4,6-7,12H,3,5,18H2/t12-/m0/s1. The van der Waals surface area contributed by atoms with Crippen molar-refractivity contribution in [1.82, 2.24) is 5.16 Å². The van der Waals surface area contributed by atoms with Crippen molar-refractivity contribution in [2.45, 2.75) is 18.7 Å². The lowest BCUT2D eigenvalue weighted by Crippen LogP contribution is -2.15. The van der Waals surface area contributed by atoms with E-state index >= 15 is 0 Å². The third-order valence-electron chi connectivity index (χ3n) is 2.92. The molecule has 1 heterocycles. The number of halogens is 3. The molecule has 0 fully saturated rings. The van der Waals surface area contributed by atoms with Crippen molar-refractivity contribution in [1.29, 1.82) is 5.26 Å². The largest absolute Gasteiger partial charge is 0.483 e. The summed E-state index contributed by atoms with van der Waals surface area (Å²) in [5.74, 6) is -0.168. The van der Waals surface area contributed by atoms with Gasteiger partial charge >= 0.3 is 6.18 Å². The van der Waals surface area contributed by atoms with Crippen LogP contribution in [0.25, 0.3) is 0 Å². The van der Waals surface area contributed by atoms with E-state index in [0.29, 0.717) is 12.1 Å². The van der Waals surface area contributed by atoms with Gasteiger partial charge in [-0.05, 0) is 24.7 Å². The van der Waals surface area contributed by atoms with E-state index in [9.17, 15) is 13.2 Å². The molecule has 0 radical (unpaired) electrons. The Labute approximate surface area is 124 Å². The zero-order valence-corrected chi connectivity index (χ0v) is 11.3. The second kappa shape index (κ2) is 6.49. The molecule has 0 amide bonds. The van der Waals surface area contributed by atoms with Gasteiger partial charge < -0.3 is 15.0 Å². The maximum atomic E-state index is 12.8. The van der Waals surface area contributed by atoms with Crippen LogP contribution < -0.4 is 10.5 Å². The summed E-state index contributed by atoms with van der Waals surface area (Å²) in [5.41, 5.74) is 4.97. The molecule has 2 N–H and O–H groups in total. The lowest BCUT2D eigenvalue weighted by atomic mass is 10.1. The average molecular weight is 311 g/mol. The SMILES string of the molecule is N#Cc1ccc(C(F)(F)F)cc1O[C@@H](CCN)c1ccon1. The molecule has 5 nitrogen and oxygen atoms in total. The van der Waals surface area contributed by atoms with Gasteiger partial charge in [-0.1, -0.05) is 5.16 Å². The molecular weight excluding hydrogens is 299 g/mol. The Bertz CT molecular complexity index is 663. The summed E-state index contributed by atoms with van der Waals surface area (Å²) in [6.07, 6.45) is -3.59. The van der Waals surface area contributed by atoms with E-state index in [1.165, 1.54) is 12.3 Å². The fourth-order valence-corrected chi connectivity index (χ4v) is 1.85. The molecule has 1 atom stereocenters. The van der Waals surface area contributed by atoms with E-state index in [4.69, 9.17) is 20.3 Å². The van der Waals surface area contributed by atoms with Crippen molar-refractivity contribution < 1.29 is 22.4 Å². The van der Waals surface area contributed by atoms with Crippen molar-refractivity contribution in [3.05, 3.63) is 47.3 Å². The first-order valence-electron chi connectivity index (χ1n) is 6.34. The van der Waals surface area contributed by atoms with E-state index < -0.39 is 17.8 Å². The zero-order valence-electron chi connectivity index (χ0n) is 11.3. The minimum Gasteiger partial charge on any atom is -0.483 e. The van der Waals surface area contributed by atoms with E-state index in [-0.39, 0.29) is 17.9 Å². The second-order valence-electron chi connectivity index (χ2n) is 4.43. The fraction of sp³-hybridized carbons (Fsp3) is 0.286. The van der Waals surface area contributed by atoms with Crippen LogP contribution in [-0.4, -0.2) is 11.7 Å². The van der Waals surface area contributed by atoms with Gasteiger partial charge in [0.15, 0.2) is 0 Å². The number of nitrogens with two attached hydrogens (primary N) is 1. The first-order chi connectivity index (χ1) is 10.5. The van der Waals surface area contributed by atoms with Gasteiger partial charge in [-0.3, -0.25) is 0 Å². The highest BCUT2D eigenvalue weighted by atomic mass is 19.4. The van der Waals surface area contributed by atoms with Crippen LogP contribution >= 0.6 is 0 Å². The number of hydrogen-bond acceptors (Lipinski definition) is 5. The lowest BCUT2D eigenvalue weighted by Gasteiger charge is -2.18. The van der Waals surface area contributed by atoms with Crippen molar-refractivity contribution in [3.63, 3.8) is 0 Å². The van der Waals surface area contributed by atoms with Crippen molar-refractivity contribution in [3.8, 4) is 11.8 Å². The molecule has 1 aromatic carbocycles. The molecule has 0 spiro atoms. The maximum absolute atomic E-state index is 12.8. The number of alkyl halides is 3. The highest BCUT2D eigenvalue weighted by Crippen LogP contribution is 2.34. The van der Waals surface area contributed by atoms with Gasteiger partial charge in [0.05, 0.1) is 11.1 Å². The fourth-order valence-electron chi connectivity index (χ4n) is 1.85. The Morgan fingerprint density at radius 2 is 2.14 bits per heavy atom. The van der Waals surface area contributed by atoms with Gasteiger partial charge in [-0.15, -0.1) is 0 Å². The number of ether oxygens (including phenoxy) is 1. The van der Waals surface area contributed by atoms with Crippen LogP contribution in [0.5, 0.6) is 5.75 Å². The molecule has 0 aliphatic heterocycles. The van der Waals surface area contributed by atoms with Gasteiger partial charge in [0.25, 0.3) is 0 Å². The summed E-state index contributed by atoms with van der Waals surface area (Å²) >= 11 is 0. The molecule has 0 unspecified atom stereocenters. The summed E-state index contributed by atoms with van der Waals surface area (Å²) in [5, 5.41) is 12.7. The van der Waals surface area contributed by atoms with Gasteiger partial charge in [-0.25, -0.2) is 0 Å². The minimum absolute atomic E-state index is 0.00137. The van der Waals surface area contributed by atoms with Crippen molar-refractivity contribution in [2.75, 3.05) is 6.54 Å². The van der Waals surface area contributed by atoms with Crippen LogP contribution in [-0.2, 0) is 6.18 Å². The number of aromatic nitrogens is 1. The average Bonchev–Trinajstić information content (AvgIpc) is 3.00. The molecule has 0 bridgehead atoms. The van der Waals surface area contributed by atoms with E-state index in [1.54, 1.807) is 6.07 Å². The Morgan fingerprint density at radius 1 is 1.36 bits per heavy atom. The first kappa shape index (κ1) is 15.9. The topological polar surface area (TPSA) is 85.1 Å². The molecule has 8 heteroatoms. The summed E-state index contributed by atoms with van der Waals surface area (Å²) in [7, 11) is 0. The smallest absolute Gasteiger partial charge is 0.416 e. The molecular formula is C14H12F3N3O2. The van der Waals surface area contributed by atoms with Gasteiger partial charge in [0.2, 0.25) is 0 Å². The Balaban J connectivity index is 2.35. The van der Waals surface area contributed by atoms with Crippen LogP contribution in [0.2, 0.25) is 0 Å². The Hall–Kier alpha value is -2.53. The van der Waals surface area contributed by atoms with Crippen LogP contribution in [0.15, 0.2) is 35.1 Å². The van der Waals surface area contributed by atoms with Crippen molar-refractivity contribution in [2.24, 2.45) is 5.73 Å². The normalized spacial score (nSPS) is 12.7.